The average Bonchev–Trinajstić information content (AvgIpc) is 2.04. The third-order valence-corrected chi connectivity index (χ3v) is 2.00. The molecule has 0 aliphatic carbocycles. The van der Waals surface area contributed by atoms with Crippen LogP contribution >= 0.6 is 15.9 Å². The van der Waals surface area contributed by atoms with E-state index in [4.69, 9.17) is 0 Å². The SMILES string of the molecule is COC(=O)N1CC=CC=C1Br. The Bertz CT molecular complexity index is 222. The molecule has 0 aromatic rings. The van der Waals surface area contributed by atoms with Crippen molar-refractivity contribution in [3.63, 3.8) is 0 Å². The normalized spacial score (nSPS) is 16.2. The van der Waals surface area contributed by atoms with Crippen molar-refractivity contribution in [2.24, 2.45) is 0 Å². The lowest BCUT2D eigenvalue weighted by Crippen LogP contribution is -2.29. The summed E-state index contributed by atoms with van der Waals surface area (Å²) in [6.07, 6.45) is 5.20. The van der Waals surface area contributed by atoms with Crippen LogP contribution in [0.1, 0.15) is 0 Å². The first-order chi connectivity index (χ1) is 5.25. The fraction of sp³-hybridized carbons (Fsp3) is 0.286. The Labute approximate surface area is 73.4 Å². The summed E-state index contributed by atoms with van der Waals surface area (Å²) in [5, 5.41) is 0. The molecule has 1 aliphatic heterocycles. The molecular weight excluding hydrogens is 210 g/mol. The fourth-order valence-electron chi connectivity index (χ4n) is 0.763. The summed E-state index contributed by atoms with van der Waals surface area (Å²) in [5.41, 5.74) is 0. The number of carbonyl (C=O) groups excluding carboxylic acids is 1. The number of rotatable bonds is 0. The number of nitrogens with zero attached hydrogens (tertiary/aromatic N) is 1. The minimum atomic E-state index is -0.350. The molecule has 0 radical (unpaired) electrons. The molecular formula is C7H8BrNO2. The summed E-state index contributed by atoms with van der Waals surface area (Å²) in [4.78, 5) is 12.5. The van der Waals surface area contributed by atoms with Gasteiger partial charge in [0.25, 0.3) is 0 Å². The van der Waals surface area contributed by atoms with Crippen LogP contribution < -0.4 is 0 Å². The van der Waals surface area contributed by atoms with E-state index < -0.39 is 0 Å². The van der Waals surface area contributed by atoms with Crippen LogP contribution in [0, 0.1) is 0 Å². The van der Waals surface area contributed by atoms with Crippen molar-refractivity contribution in [2.75, 3.05) is 13.7 Å². The largest absolute Gasteiger partial charge is 0.452 e. The molecule has 0 saturated carbocycles. The summed E-state index contributed by atoms with van der Waals surface area (Å²) in [7, 11) is 1.36. The highest BCUT2D eigenvalue weighted by Gasteiger charge is 2.16. The third kappa shape index (κ3) is 1.83. The van der Waals surface area contributed by atoms with Gasteiger partial charge in [-0.05, 0) is 22.0 Å². The van der Waals surface area contributed by atoms with Crippen LogP contribution in [0.2, 0.25) is 0 Å². The number of amides is 1. The minimum Gasteiger partial charge on any atom is -0.452 e. The topological polar surface area (TPSA) is 29.5 Å². The van der Waals surface area contributed by atoms with Gasteiger partial charge in [-0.15, -0.1) is 0 Å². The average molecular weight is 218 g/mol. The van der Waals surface area contributed by atoms with Crippen LogP contribution in [0.15, 0.2) is 22.8 Å². The van der Waals surface area contributed by atoms with Gasteiger partial charge in [0.2, 0.25) is 0 Å². The molecule has 0 unspecified atom stereocenters. The van der Waals surface area contributed by atoms with E-state index in [9.17, 15) is 4.79 Å². The molecule has 1 aliphatic rings. The fourth-order valence-corrected chi connectivity index (χ4v) is 1.21. The Morgan fingerprint density at radius 3 is 3.09 bits per heavy atom. The van der Waals surface area contributed by atoms with Crippen molar-refractivity contribution >= 4 is 22.0 Å². The van der Waals surface area contributed by atoms with Crippen LogP contribution in [0.4, 0.5) is 4.79 Å². The molecule has 0 spiro atoms. The van der Waals surface area contributed by atoms with Gasteiger partial charge in [0.05, 0.1) is 11.7 Å². The van der Waals surface area contributed by atoms with Crippen molar-refractivity contribution in [1.29, 1.82) is 0 Å². The van der Waals surface area contributed by atoms with Crippen molar-refractivity contribution in [1.82, 2.24) is 4.90 Å². The van der Waals surface area contributed by atoms with Crippen LogP contribution in [0.3, 0.4) is 0 Å². The Hall–Kier alpha value is -0.770. The second-order valence-electron chi connectivity index (χ2n) is 2.00. The maximum atomic E-state index is 11.0. The monoisotopic (exact) mass is 217 g/mol. The molecule has 60 valence electrons. The van der Waals surface area contributed by atoms with Crippen LogP contribution in [-0.2, 0) is 4.74 Å². The van der Waals surface area contributed by atoms with E-state index in [1.807, 2.05) is 12.2 Å². The summed E-state index contributed by atoms with van der Waals surface area (Å²) in [6, 6.07) is 0. The zero-order chi connectivity index (χ0) is 8.27. The molecule has 0 saturated heterocycles. The van der Waals surface area contributed by atoms with Gasteiger partial charge in [-0.25, -0.2) is 4.79 Å². The minimum absolute atomic E-state index is 0.350. The molecule has 0 fully saturated rings. The highest BCUT2D eigenvalue weighted by Crippen LogP contribution is 2.16. The molecule has 1 heterocycles. The van der Waals surface area contributed by atoms with Gasteiger partial charge in [-0.3, -0.25) is 4.90 Å². The van der Waals surface area contributed by atoms with Gasteiger partial charge < -0.3 is 4.74 Å². The highest BCUT2D eigenvalue weighted by molar-refractivity contribution is 9.11. The van der Waals surface area contributed by atoms with E-state index in [2.05, 4.69) is 20.7 Å². The van der Waals surface area contributed by atoms with E-state index in [1.54, 1.807) is 6.08 Å². The Morgan fingerprint density at radius 1 is 1.82 bits per heavy atom. The lowest BCUT2D eigenvalue weighted by molar-refractivity contribution is 0.142. The maximum Gasteiger partial charge on any atom is 0.414 e. The van der Waals surface area contributed by atoms with Crippen LogP contribution in [0.5, 0.6) is 0 Å². The number of hydrogen-bond acceptors (Lipinski definition) is 2. The Balaban J connectivity index is 2.68. The Morgan fingerprint density at radius 2 is 2.55 bits per heavy atom. The van der Waals surface area contributed by atoms with E-state index in [1.165, 1.54) is 12.0 Å². The quantitative estimate of drug-likeness (QED) is 0.580. The molecule has 0 atom stereocenters. The zero-order valence-electron chi connectivity index (χ0n) is 6.08. The molecule has 4 heteroatoms. The molecule has 3 nitrogen and oxygen atoms in total. The molecule has 0 bridgehead atoms. The summed E-state index contributed by atoms with van der Waals surface area (Å²) >= 11 is 3.23. The number of carbonyl (C=O) groups is 1. The second kappa shape index (κ2) is 3.57. The molecule has 0 aromatic heterocycles. The van der Waals surface area contributed by atoms with Gasteiger partial charge in [0.15, 0.2) is 0 Å². The van der Waals surface area contributed by atoms with Crippen LogP contribution in [0.25, 0.3) is 0 Å². The van der Waals surface area contributed by atoms with E-state index >= 15 is 0 Å². The number of hydrogen-bond donors (Lipinski definition) is 0. The lowest BCUT2D eigenvalue weighted by atomic mass is 10.4. The van der Waals surface area contributed by atoms with Gasteiger partial charge in [0.1, 0.15) is 0 Å². The molecule has 11 heavy (non-hydrogen) atoms. The summed E-state index contributed by atoms with van der Waals surface area (Å²) < 4.78 is 5.27. The number of halogens is 1. The van der Waals surface area contributed by atoms with Crippen molar-refractivity contribution in [3.8, 4) is 0 Å². The van der Waals surface area contributed by atoms with E-state index in [0.29, 0.717) is 6.54 Å². The summed E-state index contributed by atoms with van der Waals surface area (Å²) in [5.74, 6) is 0. The van der Waals surface area contributed by atoms with Crippen molar-refractivity contribution in [2.45, 2.75) is 0 Å². The van der Waals surface area contributed by atoms with E-state index in [0.717, 1.165) is 4.61 Å². The summed E-state index contributed by atoms with van der Waals surface area (Å²) in [6.45, 7) is 0.559. The second-order valence-corrected chi connectivity index (χ2v) is 2.81. The van der Waals surface area contributed by atoms with Gasteiger partial charge in [-0.1, -0.05) is 12.2 Å². The van der Waals surface area contributed by atoms with Crippen molar-refractivity contribution < 1.29 is 9.53 Å². The van der Waals surface area contributed by atoms with Gasteiger partial charge in [0, 0.05) is 6.54 Å². The van der Waals surface area contributed by atoms with Crippen LogP contribution in [-0.4, -0.2) is 24.6 Å². The van der Waals surface area contributed by atoms with Gasteiger partial charge >= 0.3 is 6.09 Å². The zero-order valence-corrected chi connectivity index (χ0v) is 7.67. The first-order valence-electron chi connectivity index (χ1n) is 3.13. The maximum absolute atomic E-state index is 11.0. The predicted molar refractivity (Wildman–Crippen MR) is 45.3 cm³/mol. The molecule has 0 N–H and O–H groups in total. The standard InChI is InChI=1S/C7H8BrNO2/c1-11-7(10)9-5-3-2-4-6(9)8/h2-4H,5H2,1H3. The molecule has 1 amide bonds. The molecule has 1 rings (SSSR count). The van der Waals surface area contributed by atoms with Crippen molar-refractivity contribution in [3.05, 3.63) is 22.8 Å². The first-order valence-corrected chi connectivity index (χ1v) is 3.93. The van der Waals surface area contributed by atoms with Gasteiger partial charge in [-0.2, -0.15) is 0 Å². The number of allylic oxidation sites excluding steroid dienone is 2. The van der Waals surface area contributed by atoms with E-state index in [-0.39, 0.29) is 6.09 Å². The number of ether oxygens (including phenoxy) is 1. The highest BCUT2D eigenvalue weighted by atomic mass is 79.9. The lowest BCUT2D eigenvalue weighted by Gasteiger charge is -2.20. The number of methoxy groups -OCH3 is 1. The molecule has 0 aromatic carbocycles. The third-order valence-electron chi connectivity index (χ3n) is 1.31. The first kappa shape index (κ1) is 8.33. The smallest absolute Gasteiger partial charge is 0.414 e. The Kier molecular flexibility index (Phi) is 2.70. The predicted octanol–water partition coefficient (Wildman–Crippen LogP) is 1.86.